The smallest absolute Gasteiger partial charge is 0.255 e. The van der Waals surface area contributed by atoms with Crippen LogP contribution >= 0.6 is 0 Å². The molecule has 2 aliphatic carbocycles. The molecule has 2 aliphatic rings. The largest absolute Gasteiger partial charge is 0.428 e. The highest BCUT2D eigenvalue weighted by molar-refractivity contribution is 5.14. The first-order valence-electron chi connectivity index (χ1n) is 10.4. The van der Waals surface area contributed by atoms with Crippen LogP contribution < -0.4 is 0 Å². The molecule has 0 aliphatic heterocycles. The minimum Gasteiger partial charge on any atom is -0.255 e. The Bertz CT molecular complexity index is 713. The van der Waals surface area contributed by atoms with Crippen LogP contribution in [0.1, 0.15) is 52.9 Å². The van der Waals surface area contributed by atoms with Gasteiger partial charge in [-0.1, -0.05) is 13.8 Å². The van der Waals surface area contributed by atoms with E-state index in [1.165, 1.54) is 6.92 Å². The zero-order valence-corrected chi connectivity index (χ0v) is 19.4. The van der Waals surface area contributed by atoms with Crippen molar-refractivity contribution in [2.75, 3.05) is 13.9 Å². The normalized spacial score (nSPS) is 40.3. The number of hydrogen-bond acceptors (Lipinski definition) is 0. The lowest BCUT2D eigenvalue weighted by Crippen LogP contribution is -2.69. The summed E-state index contributed by atoms with van der Waals surface area (Å²) in [5, 5.41) is 0. The molecule has 6 atom stereocenters. The van der Waals surface area contributed by atoms with Gasteiger partial charge in [-0.25, -0.2) is 30.7 Å². The van der Waals surface area contributed by atoms with E-state index in [9.17, 15) is 70.2 Å². The van der Waals surface area contributed by atoms with Gasteiger partial charge in [-0.05, 0) is 38.5 Å². The molecule has 0 bridgehead atoms. The van der Waals surface area contributed by atoms with Gasteiger partial charge in [-0.2, -0.15) is 35.1 Å². The molecule has 0 aromatic carbocycles. The van der Waals surface area contributed by atoms with Gasteiger partial charge < -0.3 is 0 Å². The third-order valence-electron chi connectivity index (χ3n) is 6.41. The Balaban J connectivity index is 0.000000637. The molecule has 6 unspecified atom stereocenters. The monoisotopic (exact) mass is 570 g/mol. The van der Waals surface area contributed by atoms with Gasteiger partial charge in [0, 0.05) is 12.3 Å². The lowest BCUT2D eigenvalue weighted by Gasteiger charge is -2.47. The standard InChI is InChI=1S/C10H13F7.C9H10F8.CH3F/c1-3-6-4-8(12,10(15,16)17)5-7(2,11)9(6,13)14;1-5-2-6(11,4-10)8(13,14)7(12,3-5)9(15,16)17;1-2/h6H,3-5H2,1-2H3;5H,2-4H2,1H3;1H3. The van der Waals surface area contributed by atoms with Crippen molar-refractivity contribution in [1.29, 1.82) is 0 Å². The van der Waals surface area contributed by atoms with Crippen LogP contribution in [0.5, 0.6) is 0 Å². The molecule has 2 fully saturated rings. The number of alkyl halides is 16. The molecule has 0 amide bonds. The van der Waals surface area contributed by atoms with E-state index in [4.69, 9.17) is 0 Å². The Morgan fingerprint density at radius 1 is 0.750 bits per heavy atom. The van der Waals surface area contributed by atoms with Crippen molar-refractivity contribution in [3.8, 4) is 0 Å². The molecule has 0 nitrogen and oxygen atoms in total. The van der Waals surface area contributed by atoms with Crippen molar-refractivity contribution < 1.29 is 70.2 Å². The Hall–Kier alpha value is -1.12. The molecule has 0 spiro atoms. The van der Waals surface area contributed by atoms with Crippen LogP contribution in [-0.4, -0.2) is 60.7 Å². The quantitative estimate of drug-likeness (QED) is 0.291. The Labute approximate surface area is 196 Å². The third-order valence-corrected chi connectivity index (χ3v) is 6.41. The molecule has 36 heavy (non-hydrogen) atoms. The van der Waals surface area contributed by atoms with Crippen LogP contribution in [0, 0.1) is 11.8 Å². The zero-order chi connectivity index (χ0) is 29.4. The second kappa shape index (κ2) is 10.6. The lowest BCUT2D eigenvalue weighted by molar-refractivity contribution is -0.353. The van der Waals surface area contributed by atoms with Crippen LogP contribution in [0.3, 0.4) is 0 Å². The van der Waals surface area contributed by atoms with Gasteiger partial charge in [0.2, 0.25) is 11.3 Å². The molecule has 0 saturated heterocycles. The maximum Gasteiger partial charge on any atom is 0.428 e. The van der Waals surface area contributed by atoms with Crippen LogP contribution in [-0.2, 0) is 0 Å². The van der Waals surface area contributed by atoms with Crippen LogP contribution in [0.15, 0.2) is 0 Å². The molecular weight excluding hydrogens is 544 g/mol. The van der Waals surface area contributed by atoms with E-state index in [2.05, 4.69) is 0 Å². The molecule has 218 valence electrons. The second-order valence-electron chi connectivity index (χ2n) is 9.26. The van der Waals surface area contributed by atoms with E-state index in [1.54, 1.807) is 0 Å². The van der Waals surface area contributed by atoms with E-state index in [0.717, 1.165) is 6.92 Å². The highest BCUT2D eigenvalue weighted by Crippen LogP contribution is 2.60. The molecule has 0 aromatic heterocycles. The predicted octanol–water partition coefficient (Wildman–Crippen LogP) is 9.03. The number of hydrogen-bond donors (Lipinski definition) is 0. The minimum absolute atomic E-state index is 0.328. The highest BCUT2D eigenvalue weighted by Gasteiger charge is 2.80. The van der Waals surface area contributed by atoms with Gasteiger partial charge >= 0.3 is 18.3 Å². The topological polar surface area (TPSA) is 0 Å². The lowest BCUT2D eigenvalue weighted by atomic mass is 9.68. The fourth-order valence-corrected chi connectivity index (χ4v) is 4.43. The molecule has 2 rings (SSSR count). The average Bonchev–Trinajstić information content (AvgIpc) is 2.69. The summed E-state index contributed by atoms with van der Waals surface area (Å²) in [6.45, 7) is 0.136. The molecule has 0 N–H and O–H groups in total. The summed E-state index contributed by atoms with van der Waals surface area (Å²) >= 11 is 0. The predicted molar refractivity (Wildman–Crippen MR) is 97.5 cm³/mol. The average molecular weight is 570 g/mol. The van der Waals surface area contributed by atoms with E-state index in [-0.39, 0.29) is 0 Å². The summed E-state index contributed by atoms with van der Waals surface area (Å²) in [6, 6.07) is 0. The van der Waals surface area contributed by atoms with Gasteiger partial charge in [0.1, 0.15) is 6.67 Å². The van der Waals surface area contributed by atoms with Crippen LogP contribution in [0.4, 0.5) is 70.2 Å². The van der Waals surface area contributed by atoms with Crippen molar-refractivity contribution in [1.82, 2.24) is 0 Å². The fourth-order valence-electron chi connectivity index (χ4n) is 4.43. The summed E-state index contributed by atoms with van der Waals surface area (Å²) in [6.07, 6.45) is -17.6. The highest BCUT2D eigenvalue weighted by atomic mass is 19.4. The van der Waals surface area contributed by atoms with Crippen molar-refractivity contribution in [3.05, 3.63) is 0 Å². The summed E-state index contributed by atoms with van der Waals surface area (Å²) in [7, 11) is 0.500. The summed E-state index contributed by atoms with van der Waals surface area (Å²) < 4.78 is 204. The Morgan fingerprint density at radius 2 is 1.19 bits per heavy atom. The van der Waals surface area contributed by atoms with Crippen LogP contribution in [0.25, 0.3) is 0 Å². The zero-order valence-electron chi connectivity index (χ0n) is 19.4. The maximum absolute atomic E-state index is 13.7. The van der Waals surface area contributed by atoms with Gasteiger partial charge in [0.05, 0.1) is 7.18 Å². The Morgan fingerprint density at radius 3 is 1.53 bits per heavy atom. The summed E-state index contributed by atoms with van der Waals surface area (Å²) in [5.74, 6) is -12.7. The van der Waals surface area contributed by atoms with Gasteiger partial charge in [-0.3, -0.25) is 4.39 Å². The summed E-state index contributed by atoms with van der Waals surface area (Å²) in [5.41, 5.74) is -16.5. The number of rotatable bonds is 2. The molecule has 0 radical (unpaired) electrons. The maximum atomic E-state index is 13.7. The van der Waals surface area contributed by atoms with E-state index >= 15 is 0 Å². The van der Waals surface area contributed by atoms with Crippen LogP contribution in [0.2, 0.25) is 0 Å². The molecule has 0 aromatic rings. The molecular formula is C20H26F16. The first-order chi connectivity index (χ1) is 15.8. The van der Waals surface area contributed by atoms with Crippen molar-refractivity contribution in [2.45, 2.75) is 99.7 Å². The van der Waals surface area contributed by atoms with E-state index in [0.29, 0.717) is 14.1 Å². The second-order valence-corrected chi connectivity index (χ2v) is 9.26. The molecule has 2 saturated carbocycles. The fraction of sp³-hybridized carbons (Fsp3) is 1.00. The summed E-state index contributed by atoms with van der Waals surface area (Å²) in [4.78, 5) is 0. The van der Waals surface area contributed by atoms with Gasteiger partial charge in [0.25, 0.3) is 11.6 Å². The molecule has 0 heterocycles. The first kappa shape index (κ1) is 34.9. The third kappa shape index (κ3) is 5.80. The van der Waals surface area contributed by atoms with E-state index in [1.807, 2.05) is 0 Å². The van der Waals surface area contributed by atoms with E-state index < -0.39 is 97.5 Å². The molecule has 16 heteroatoms. The van der Waals surface area contributed by atoms with Gasteiger partial charge in [-0.15, -0.1) is 0 Å². The Kier molecular flexibility index (Phi) is 10.2. The van der Waals surface area contributed by atoms with Crippen molar-refractivity contribution in [2.24, 2.45) is 11.8 Å². The van der Waals surface area contributed by atoms with Gasteiger partial charge in [0.15, 0.2) is 5.67 Å². The van der Waals surface area contributed by atoms with Crippen molar-refractivity contribution >= 4 is 0 Å². The minimum atomic E-state index is -5.95. The number of halogens is 16. The first-order valence-corrected chi connectivity index (χ1v) is 10.4. The van der Waals surface area contributed by atoms with Crippen molar-refractivity contribution in [3.63, 3.8) is 0 Å². The SMILES string of the molecule is CC1CC(F)(CF)C(F)(F)C(F)(C(F)(F)F)C1.CCC1CC(F)(C(F)(F)F)CC(C)(F)C1(F)F.CF.